The average Bonchev–Trinajstić information content (AvgIpc) is 2.96. The van der Waals surface area contributed by atoms with Crippen LogP contribution < -0.4 is 0 Å². The summed E-state index contributed by atoms with van der Waals surface area (Å²) in [4.78, 5) is 18.4. The molecule has 2 aromatic rings. The molecule has 0 aliphatic heterocycles. The fraction of sp³-hybridized carbons (Fsp3) is 0.267. The third kappa shape index (κ3) is 3.40. The summed E-state index contributed by atoms with van der Waals surface area (Å²) in [6, 6.07) is 9.33. The topological polar surface area (TPSA) is 99.0 Å². The number of H-pyrrole nitrogens is 1. The minimum atomic E-state index is -0.429. The molecule has 0 saturated carbocycles. The van der Waals surface area contributed by atoms with Gasteiger partial charge in [-0.05, 0) is 19.1 Å². The van der Waals surface area contributed by atoms with E-state index in [1.807, 2.05) is 30.3 Å². The van der Waals surface area contributed by atoms with Crippen LogP contribution in [0.1, 0.15) is 12.7 Å². The molecule has 1 aromatic heterocycles. The molecule has 0 radical (unpaired) electrons. The monoisotopic (exact) mass is 317 g/mol. The SMILES string of the molecule is COC(=O)CS[C@@H](C)C(O)=C(C#N)c1nc2ccccc2[nH]1. The third-order valence-corrected chi connectivity index (χ3v) is 4.18. The number of hydrogen-bond acceptors (Lipinski definition) is 6. The first-order chi connectivity index (χ1) is 10.6. The van der Waals surface area contributed by atoms with Gasteiger partial charge in [-0.3, -0.25) is 4.79 Å². The lowest BCUT2D eigenvalue weighted by atomic mass is 10.2. The molecule has 2 N–H and O–H groups in total. The number of para-hydroxylation sites is 2. The Balaban J connectivity index is 2.28. The number of aliphatic hydroxyl groups is 1. The number of aliphatic hydroxyl groups excluding tert-OH is 1. The standard InChI is InChI=1S/C15H15N3O3S/c1-9(22-8-13(19)21-2)14(20)10(7-16)15-17-11-5-3-4-6-12(11)18-15/h3-6,9,20H,8H2,1-2H3,(H,17,18)/t9-/m0/s1. The van der Waals surface area contributed by atoms with Crippen molar-refractivity contribution in [1.29, 1.82) is 5.26 Å². The highest BCUT2D eigenvalue weighted by Gasteiger charge is 2.19. The largest absolute Gasteiger partial charge is 0.510 e. The normalized spacial score (nSPS) is 13.3. The summed E-state index contributed by atoms with van der Waals surface area (Å²) in [7, 11) is 1.30. The Hall–Kier alpha value is -2.46. The number of imidazole rings is 1. The molecule has 0 unspecified atom stereocenters. The third-order valence-electron chi connectivity index (χ3n) is 3.06. The Bertz CT molecular complexity index is 728. The van der Waals surface area contributed by atoms with E-state index < -0.39 is 5.25 Å². The van der Waals surface area contributed by atoms with Crippen molar-refractivity contribution >= 4 is 34.3 Å². The van der Waals surface area contributed by atoms with Gasteiger partial charge in [0, 0.05) is 0 Å². The van der Waals surface area contributed by atoms with E-state index in [2.05, 4.69) is 14.7 Å². The molecule has 1 aromatic carbocycles. The number of carbonyl (C=O) groups excluding carboxylic acids is 1. The van der Waals surface area contributed by atoms with Gasteiger partial charge in [-0.2, -0.15) is 5.26 Å². The van der Waals surface area contributed by atoms with E-state index in [9.17, 15) is 15.2 Å². The summed E-state index contributed by atoms with van der Waals surface area (Å²) >= 11 is 1.19. The van der Waals surface area contributed by atoms with E-state index in [1.54, 1.807) is 6.92 Å². The van der Waals surface area contributed by atoms with E-state index in [4.69, 9.17) is 0 Å². The number of aromatic nitrogens is 2. The highest BCUT2D eigenvalue weighted by atomic mass is 32.2. The number of benzene rings is 1. The molecule has 0 bridgehead atoms. The zero-order valence-corrected chi connectivity index (χ0v) is 13.0. The highest BCUT2D eigenvalue weighted by Crippen LogP contribution is 2.25. The first-order valence-electron chi connectivity index (χ1n) is 6.53. The minimum Gasteiger partial charge on any atom is -0.510 e. The second kappa shape index (κ2) is 7.00. The molecule has 114 valence electrons. The van der Waals surface area contributed by atoms with E-state index in [0.717, 1.165) is 5.52 Å². The Kier molecular flexibility index (Phi) is 5.07. The Morgan fingerprint density at radius 2 is 2.27 bits per heavy atom. The molecule has 6 nitrogen and oxygen atoms in total. The number of thioether (sulfide) groups is 1. The van der Waals surface area contributed by atoms with Gasteiger partial charge >= 0.3 is 5.97 Å². The van der Waals surface area contributed by atoms with Crippen molar-refractivity contribution in [3.63, 3.8) is 0 Å². The number of carbonyl (C=O) groups is 1. The van der Waals surface area contributed by atoms with Crippen LogP contribution in [-0.2, 0) is 9.53 Å². The number of fused-ring (bicyclic) bond motifs is 1. The Labute approximate surface area is 131 Å². The van der Waals surface area contributed by atoms with Gasteiger partial charge in [-0.15, -0.1) is 11.8 Å². The van der Waals surface area contributed by atoms with Crippen molar-refractivity contribution in [2.24, 2.45) is 0 Å². The maximum atomic E-state index is 11.1. The van der Waals surface area contributed by atoms with E-state index in [-0.39, 0.29) is 23.1 Å². The second-order valence-corrected chi connectivity index (χ2v) is 5.83. The molecular weight excluding hydrogens is 302 g/mol. The first-order valence-corrected chi connectivity index (χ1v) is 7.58. The molecule has 0 saturated heterocycles. The van der Waals surface area contributed by atoms with Crippen LogP contribution in [-0.4, -0.2) is 39.2 Å². The number of ether oxygens (including phenoxy) is 1. The van der Waals surface area contributed by atoms with Crippen LogP contribution in [0.15, 0.2) is 30.0 Å². The average molecular weight is 317 g/mol. The predicted molar refractivity (Wildman–Crippen MR) is 85.2 cm³/mol. The van der Waals surface area contributed by atoms with Crippen LogP contribution in [0, 0.1) is 11.3 Å². The van der Waals surface area contributed by atoms with Crippen LogP contribution in [0.25, 0.3) is 16.6 Å². The van der Waals surface area contributed by atoms with Gasteiger partial charge in [0.1, 0.15) is 17.4 Å². The number of nitriles is 1. The molecule has 7 heteroatoms. The zero-order chi connectivity index (χ0) is 16.1. The molecule has 22 heavy (non-hydrogen) atoms. The summed E-state index contributed by atoms with van der Waals surface area (Å²) in [5, 5.41) is 19.2. The van der Waals surface area contributed by atoms with Gasteiger partial charge in [0.05, 0.1) is 29.1 Å². The lowest BCUT2D eigenvalue weighted by molar-refractivity contribution is -0.137. The molecule has 1 heterocycles. The summed E-state index contributed by atoms with van der Waals surface area (Å²) in [6.45, 7) is 1.71. The van der Waals surface area contributed by atoms with Crippen molar-refractivity contribution in [3.05, 3.63) is 35.8 Å². The number of rotatable bonds is 5. The molecule has 0 fully saturated rings. The van der Waals surface area contributed by atoms with Gasteiger partial charge in [-0.1, -0.05) is 12.1 Å². The molecule has 2 rings (SSSR count). The number of nitrogens with one attached hydrogen (secondary N) is 1. The van der Waals surface area contributed by atoms with Crippen LogP contribution in [0.2, 0.25) is 0 Å². The molecule has 0 spiro atoms. The number of hydrogen-bond donors (Lipinski definition) is 2. The molecular formula is C15H15N3O3S. The maximum Gasteiger partial charge on any atom is 0.315 e. The number of aromatic amines is 1. The van der Waals surface area contributed by atoms with Crippen molar-refractivity contribution in [2.45, 2.75) is 12.2 Å². The summed E-state index contributed by atoms with van der Waals surface area (Å²) in [6.07, 6.45) is 0. The van der Waals surface area contributed by atoms with Crippen molar-refractivity contribution in [1.82, 2.24) is 9.97 Å². The quantitative estimate of drug-likeness (QED) is 0.499. The van der Waals surface area contributed by atoms with Crippen LogP contribution >= 0.6 is 11.8 Å². The number of nitrogens with zero attached hydrogens (tertiary/aromatic N) is 2. The van der Waals surface area contributed by atoms with Crippen LogP contribution in [0.3, 0.4) is 0 Å². The zero-order valence-electron chi connectivity index (χ0n) is 12.2. The predicted octanol–water partition coefficient (Wildman–Crippen LogP) is 2.65. The fourth-order valence-corrected chi connectivity index (χ4v) is 2.62. The number of esters is 1. The molecule has 1 atom stereocenters. The van der Waals surface area contributed by atoms with Crippen LogP contribution in [0.4, 0.5) is 0 Å². The second-order valence-electron chi connectivity index (χ2n) is 4.50. The van der Waals surface area contributed by atoms with Crippen molar-refractivity contribution < 1.29 is 14.6 Å². The summed E-state index contributed by atoms with van der Waals surface area (Å²) < 4.78 is 4.55. The lowest BCUT2D eigenvalue weighted by Crippen LogP contribution is -2.10. The van der Waals surface area contributed by atoms with E-state index >= 15 is 0 Å². The summed E-state index contributed by atoms with van der Waals surface area (Å²) in [5.41, 5.74) is 1.57. The fourth-order valence-electron chi connectivity index (χ4n) is 1.84. The Morgan fingerprint density at radius 3 is 2.91 bits per heavy atom. The number of allylic oxidation sites excluding steroid dienone is 1. The minimum absolute atomic E-state index is 0.0704. The smallest absolute Gasteiger partial charge is 0.315 e. The van der Waals surface area contributed by atoms with Gasteiger partial charge < -0.3 is 14.8 Å². The maximum absolute atomic E-state index is 11.1. The van der Waals surface area contributed by atoms with Crippen LogP contribution in [0.5, 0.6) is 0 Å². The number of methoxy groups -OCH3 is 1. The Morgan fingerprint density at radius 1 is 1.55 bits per heavy atom. The van der Waals surface area contributed by atoms with Gasteiger partial charge in [0.2, 0.25) is 0 Å². The van der Waals surface area contributed by atoms with Crippen molar-refractivity contribution in [2.75, 3.05) is 12.9 Å². The molecule has 0 aliphatic carbocycles. The van der Waals surface area contributed by atoms with Crippen molar-refractivity contribution in [3.8, 4) is 6.07 Å². The molecule has 0 aliphatic rings. The van der Waals surface area contributed by atoms with Gasteiger partial charge in [0.15, 0.2) is 5.82 Å². The van der Waals surface area contributed by atoms with Gasteiger partial charge in [-0.25, -0.2) is 4.98 Å². The van der Waals surface area contributed by atoms with E-state index in [1.165, 1.54) is 18.9 Å². The lowest BCUT2D eigenvalue weighted by Gasteiger charge is -2.10. The van der Waals surface area contributed by atoms with Gasteiger partial charge in [0.25, 0.3) is 0 Å². The highest BCUT2D eigenvalue weighted by molar-refractivity contribution is 8.00. The first kappa shape index (κ1) is 15.9. The summed E-state index contributed by atoms with van der Waals surface area (Å²) in [5.74, 6) is -0.0883. The van der Waals surface area contributed by atoms with E-state index in [0.29, 0.717) is 11.3 Å². The molecule has 0 amide bonds.